The minimum Gasteiger partial charge on any atom is -0.322 e. The lowest BCUT2D eigenvalue weighted by Gasteiger charge is -2.09. The monoisotopic (exact) mass is 364 g/mol. The van der Waals surface area contributed by atoms with Crippen molar-refractivity contribution in [3.63, 3.8) is 0 Å². The number of fused-ring (bicyclic) bond motifs is 1. The molecule has 3 rings (SSSR count). The molecule has 0 unspecified atom stereocenters. The summed E-state index contributed by atoms with van der Waals surface area (Å²) in [5, 5.41) is 2.27. The maximum atomic E-state index is 12.7. The first-order valence-corrected chi connectivity index (χ1v) is 7.72. The van der Waals surface area contributed by atoms with E-state index in [0.717, 1.165) is 29.8 Å². The van der Waals surface area contributed by atoms with Gasteiger partial charge in [-0.3, -0.25) is 9.79 Å². The molecule has 0 saturated carbocycles. The van der Waals surface area contributed by atoms with Crippen LogP contribution in [-0.2, 0) is 17.4 Å². The van der Waals surface area contributed by atoms with E-state index in [2.05, 4.69) is 10.3 Å². The second-order valence-corrected chi connectivity index (χ2v) is 5.83. The average molecular weight is 365 g/mol. The highest BCUT2D eigenvalue weighted by Gasteiger charge is 2.32. The van der Waals surface area contributed by atoms with Crippen LogP contribution in [0.5, 0.6) is 0 Å². The number of halogens is 4. The summed E-state index contributed by atoms with van der Waals surface area (Å²) in [6.45, 7) is 0. The SMILES string of the molecule is O=C(/C=C/c1ccc(C(F)(F)F)c(Cl)c1)Nc1ccc2c(c1)N=CC2. The summed E-state index contributed by atoms with van der Waals surface area (Å²) >= 11 is 5.65. The minimum atomic E-state index is -4.51. The third-order valence-electron chi connectivity index (χ3n) is 3.62. The Balaban J connectivity index is 1.68. The Morgan fingerprint density at radius 3 is 2.72 bits per heavy atom. The van der Waals surface area contributed by atoms with Crippen LogP contribution in [-0.4, -0.2) is 12.1 Å². The van der Waals surface area contributed by atoms with Gasteiger partial charge in [0.05, 0.1) is 16.3 Å². The van der Waals surface area contributed by atoms with E-state index in [4.69, 9.17) is 11.6 Å². The fourth-order valence-corrected chi connectivity index (χ4v) is 2.69. The van der Waals surface area contributed by atoms with Crippen molar-refractivity contribution in [3.8, 4) is 0 Å². The number of carbonyl (C=O) groups excluding carboxylic acids is 1. The van der Waals surface area contributed by atoms with Gasteiger partial charge in [-0.15, -0.1) is 0 Å². The lowest BCUT2D eigenvalue weighted by atomic mass is 10.1. The van der Waals surface area contributed by atoms with Gasteiger partial charge in [0.25, 0.3) is 0 Å². The third-order valence-corrected chi connectivity index (χ3v) is 3.93. The molecule has 0 fully saturated rings. The van der Waals surface area contributed by atoms with Crippen molar-refractivity contribution in [1.82, 2.24) is 0 Å². The largest absolute Gasteiger partial charge is 0.417 e. The van der Waals surface area contributed by atoms with E-state index in [1.165, 1.54) is 18.2 Å². The Labute approximate surface area is 146 Å². The van der Waals surface area contributed by atoms with Crippen molar-refractivity contribution in [3.05, 3.63) is 64.2 Å². The molecule has 0 bridgehead atoms. The molecule has 0 spiro atoms. The Kier molecular flexibility index (Phi) is 4.63. The number of anilines is 1. The number of amides is 1. The third kappa shape index (κ3) is 4.09. The number of hydrogen-bond donors (Lipinski definition) is 1. The molecule has 2 aromatic carbocycles. The fraction of sp³-hybridized carbons (Fsp3) is 0.111. The molecular formula is C18H12ClF3N2O. The zero-order valence-corrected chi connectivity index (χ0v) is 13.5. The normalized spacial score (nSPS) is 13.3. The molecule has 1 N–H and O–H groups in total. The molecule has 0 aromatic heterocycles. The molecule has 0 aliphatic carbocycles. The summed E-state index contributed by atoms with van der Waals surface area (Å²) in [5.41, 5.74) is 1.99. The molecule has 1 aliphatic rings. The Bertz CT molecular complexity index is 888. The predicted octanol–water partition coefficient (Wildman–Crippen LogP) is 5.27. The molecule has 1 amide bonds. The molecule has 7 heteroatoms. The van der Waals surface area contributed by atoms with E-state index in [9.17, 15) is 18.0 Å². The number of carbonyl (C=O) groups is 1. The first-order chi connectivity index (χ1) is 11.8. The van der Waals surface area contributed by atoms with Crippen LogP contribution in [0.25, 0.3) is 6.08 Å². The molecule has 128 valence electrons. The highest BCUT2D eigenvalue weighted by molar-refractivity contribution is 6.31. The van der Waals surface area contributed by atoms with Crippen LogP contribution in [0.1, 0.15) is 16.7 Å². The highest BCUT2D eigenvalue weighted by Crippen LogP contribution is 2.35. The summed E-state index contributed by atoms with van der Waals surface area (Å²) < 4.78 is 38.0. The average Bonchev–Trinajstić information content (AvgIpc) is 2.99. The maximum absolute atomic E-state index is 12.7. The molecule has 3 nitrogen and oxygen atoms in total. The van der Waals surface area contributed by atoms with E-state index >= 15 is 0 Å². The van der Waals surface area contributed by atoms with Crippen molar-refractivity contribution in [2.24, 2.45) is 4.99 Å². The van der Waals surface area contributed by atoms with Crippen LogP contribution in [0.3, 0.4) is 0 Å². The smallest absolute Gasteiger partial charge is 0.322 e. The van der Waals surface area contributed by atoms with Gasteiger partial charge in [0.1, 0.15) is 0 Å². The van der Waals surface area contributed by atoms with Crippen molar-refractivity contribution in [1.29, 1.82) is 0 Å². The van der Waals surface area contributed by atoms with E-state index < -0.39 is 22.7 Å². The summed E-state index contributed by atoms with van der Waals surface area (Å²) in [6, 6.07) is 8.73. The van der Waals surface area contributed by atoms with Crippen molar-refractivity contribution in [2.75, 3.05) is 5.32 Å². The van der Waals surface area contributed by atoms with Gasteiger partial charge in [-0.1, -0.05) is 23.7 Å². The summed E-state index contributed by atoms with van der Waals surface area (Å²) in [7, 11) is 0. The van der Waals surface area contributed by atoms with Crippen LogP contribution in [0.4, 0.5) is 24.5 Å². The van der Waals surface area contributed by atoms with Crippen LogP contribution < -0.4 is 5.32 Å². The number of aliphatic imine (C=N–C) groups is 1. The molecule has 25 heavy (non-hydrogen) atoms. The first kappa shape index (κ1) is 17.2. The minimum absolute atomic E-state index is 0.395. The topological polar surface area (TPSA) is 41.5 Å². The van der Waals surface area contributed by atoms with E-state index in [1.807, 2.05) is 6.07 Å². The Hall–Kier alpha value is -2.60. The molecular weight excluding hydrogens is 353 g/mol. The fourth-order valence-electron chi connectivity index (χ4n) is 2.40. The Morgan fingerprint density at radius 2 is 2.00 bits per heavy atom. The Morgan fingerprint density at radius 1 is 1.20 bits per heavy atom. The summed E-state index contributed by atoms with van der Waals surface area (Å²) in [6.07, 6.45) is 0.692. The molecule has 1 aliphatic heterocycles. The zero-order valence-electron chi connectivity index (χ0n) is 12.8. The summed E-state index contributed by atoms with van der Waals surface area (Å²) in [5.74, 6) is -0.405. The molecule has 0 radical (unpaired) electrons. The maximum Gasteiger partial charge on any atom is 0.417 e. The van der Waals surface area contributed by atoms with Crippen LogP contribution in [0, 0.1) is 0 Å². The number of benzene rings is 2. The number of alkyl halides is 3. The molecule has 2 aromatic rings. The quantitative estimate of drug-likeness (QED) is 0.741. The molecule has 0 atom stereocenters. The van der Waals surface area contributed by atoms with Gasteiger partial charge in [0.15, 0.2) is 0 Å². The van der Waals surface area contributed by atoms with E-state index in [0.29, 0.717) is 11.3 Å². The van der Waals surface area contributed by atoms with Gasteiger partial charge >= 0.3 is 6.18 Å². The van der Waals surface area contributed by atoms with Gasteiger partial charge in [-0.05, 0) is 41.5 Å². The second kappa shape index (κ2) is 6.72. The van der Waals surface area contributed by atoms with Gasteiger partial charge in [-0.25, -0.2) is 0 Å². The highest BCUT2D eigenvalue weighted by atomic mass is 35.5. The predicted molar refractivity (Wildman–Crippen MR) is 92.4 cm³/mol. The number of nitrogens with one attached hydrogen (secondary N) is 1. The van der Waals surface area contributed by atoms with E-state index in [1.54, 1.807) is 18.3 Å². The standard InChI is InChI=1S/C18H12ClF3N2O/c19-15-9-11(1-5-14(15)18(20,21)22)2-6-17(25)24-13-4-3-12-7-8-23-16(12)10-13/h1-6,8-10H,7H2,(H,24,25)/b6-2+. The lowest BCUT2D eigenvalue weighted by Crippen LogP contribution is -2.07. The molecule has 0 saturated heterocycles. The lowest BCUT2D eigenvalue weighted by molar-refractivity contribution is -0.137. The van der Waals surface area contributed by atoms with Crippen LogP contribution in [0.15, 0.2) is 47.5 Å². The number of hydrogen-bond acceptors (Lipinski definition) is 2. The van der Waals surface area contributed by atoms with Crippen LogP contribution >= 0.6 is 11.6 Å². The number of rotatable bonds is 3. The van der Waals surface area contributed by atoms with E-state index in [-0.39, 0.29) is 0 Å². The van der Waals surface area contributed by atoms with Crippen molar-refractivity contribution < 1.29 is 18.0 Å². The van der Waals surface area contributed by atoms with Gasteiger partial charge in [-0.2, -0.15) is 13.2 Å². The van der Waals surface area contributed by atoms with Crippen molar-refractivity contribution >= 4 is 41.2 Å². The second-order valence-electron chi connectivity index (χ2n) is 5.42. The van der Waals surface area contributed by atoms with Gasteiger partial charge in [0.2, 0.25) is 5.91 Å². The number of nitrogens with zero attached hydrogens (tertiary/aromatic N) is 1. The zero-order chi connectivity index (χ0) is 18.0. The first-order valence-electron chi connectivity index (χ1n) is 7.34. The summed E-state index contributed by atoms with van der Waals surface area (Å²) in [4.78, 5) is 16.1. The van der Waals surface area contributed by atoms with Gasteiger partial charge < -0.3 is 5.32 Å². The van der Waals surface area contributed by atoms with Crippen molar-refractivity contribution in [2.45, 2.75) is 12.6 Å². The van der Waals surface area contributed by atoms with Gasteiger partial charge in [0, 0.05) is 24.4 Å². The van der Waals surface area contributed by atoms with Crippen LogP contribution in [0.2, 0.25) is 5.02 Å². The molecule has 1 heterocycles.